The third kappa shape index (κ3) is 2.20. The van der Waals surface area contributed by atoms with Gasteiger partial charge in [0.1, 0.15) is 17.0 Å². The van der Waals surface area contributed by atoms with Gasteiger partial charge in [0.2, 0.25) is 0 Å². The molecule has 1 saturated heterocycles. The Labute approximate surface area is 111 Å². The molecule has 1 fully saturated rings. The first-order valence-corrected chi connectivity index (χ1v) is 7.31. The first-order chi connectivity index (χ1) is 8.88. The highest BCUT2D eigenvalue weighted by Crippen LogP contribution is 2.28. The lowest BCUT2D eigenvalue weighted by atomic mass is 10.1. The zero-order valence-electron chi connectivity index (χ0n) is 10.5. The number of thiophene rings is 1. The topological polar surface area (TPSA) is 38.2 Å². The molecule has 1 unspecified atom stereocenters. The van der Waals surface area contributed by atoms with E-state index in [1.54, 1.807) is 17.7 Å². The predicted molar refractivity (Wildman–Crippen MR) is 74.3 cm³/mol. The van der Waals surface area contributed by atoms with Crippen molar-refractivity contribution in [3.05, 3.63) is 17.8 Å². The lowest BCUT2D eigenvalue weighted by Gasteiger charge is -2.33. The third-order valence-corrected chi connectivity index (χ3v) is 4.14. The minimum atomic E-state index is 0.340. The Morgan fingerprint density at radius 2 is 2.44 bits per heavy atom. The minimum Gasteiger partial charge on any atom is -0.377 e. The van der Waals surface area contributed by atoms with E-state index in [4.69, 9.17) is 4.74 Å². The van der Waals surface area contributed by atoms with Crippen molar-refractivity contribution >= 4 is 27.4 Å². The number of hydrogen-bond acceptors (Lipinski definition) is 5. The summed E-state index contributed by atoms with van der Waals surface area (Å²) in [5.41, 5.74) is 0. The van der Waals surface area contributed by atoms with E-state index in [1.807, 2.05) is 0 Å². The maximum atomic E-state index is 5.75. The molecule has 1 aliphatic heterocycles. The smallest absolute Gasteiger partial charge is 0.140 e. The molecule has 0 amide bonds. The highest BCUT2D eigenvalue weighted by atomic mass is 32.1. The van der Waals surface area contributed by atoms with Crippen LogP contribution in [0.1, 0.15) is 19.8 Å². The summed E-state index contributed by atoms with van der Waals surface area (Å²) in [5, 5.41) is 3.24. The molecule has 0 aromatic carbocycles. The zero-order chi connectivity index (χ0) is 12.4. The van der Waals surface area contributed by atoms with Crippen LogP contribution in [0.4, 0.5) is 5.82 Å². The molecule has 2 aromatic heterocycles. The van der Waals surface area contributed by atoms with Crippen LogP contribution in [0.3, 0.4) is 0 Å². The van der Waals surface area contributed by atoms with Gasteiger partial charge in [-0.15, -0.1) is 11.3 Å². The van der Waals surface area contributed by atoms with E-state index >= 15 is 0 Å². The fraction of sp³-hybridized carbons (Fsp3) is 0.538. The van der Waals surface area contributed by atoms with E-state index < -0.39 is 0 Å². The van der Waals surface area contributed by atoms with Crippen LogP contribution in [-0.2, 0) is 4.74 Å². The molecule has 3 heterocycles. The van der Waals surface area contributed by atoms with Gasteiger partial charge in [-0.05, 0) is 31.2 Å². The Balaban J connectivity index is 1.87. The summed E-state index contributed by atoms with van der Waals surface area (Å²) in [6.45, 7) is 4.85. The summed E-state index contributed by atoms with van der Waals surface area (Å²) in [7, 11) is 0. The van der Waals surface area contributed by atoms with Gasteiger partial charge in [0.25, 0.3) is 0 Å². The fourth-order valence-electron chi connectivity index (χ4n) is 2.53. The van der Waals surface area contributed by atoms with Crippen LogP contribution in [0.2, 0.25) is 0 Å². The van der Waals surface area contributed by atoms with Crippen LogP contribution in [0.25, 0.3) is 10.2 Å². The largest absolute Gasteiger partial charge is 0.377 e. The minimum absolute atomic E-state index is 0.340. The average Bonchev–Trinajstić information content (AvgIpc) is 2.87. The molecular weight excluding hydrogens is 246 g/mol. The molecule has 1 aliphatic rings. The number of hydrogen-bond donors (Lipinski definition) is 0. The second-order valence-electron chi connectivity index (χ2n) is 4.50. The van der Waals surface area contributed by atoms with Gasteiger partial charge in [-0.3, -0.25) is 0 Å². The molecule has 0 spiro atoms. The van der Waals surface area contributed by atoms with E-state index in [0.29, 0.717) is 6.10 Å². The van der Waals surface area contributed by atoms with Crippen molar-refractivity contribution in [1.29, 1.82) is 0 Å². The van der Waals surface area contributed by atoms with Gasteiger partial charge in [0.05, 0.1) is 11.5 Å². The number of fused-ring (bicyclic) bond motifs is 1. The molecule has 0 saturated carbocycles. The van der Waals surface area contributed by atoms with Crippen molar-refractivity contribution in [2.45, 2.75) is 25.9 Å². The van der Waals surface area contributed by atoms with Crippen LogP contribution in [0.15, 0.2) is 17.8 Å². The zero-order valence-corrected chi connectivity index (χ0v) is 11.3. The summed E-state index contributed by atoms with van der Waals surface area (Å²) in [6, 6.07) is 2.11. The standard InChI is InChI=1S/C13H17N3OS/c1-2-17-10-4-3-6-16(8-10)12-11-5-7-18-13(11)15-9-14-12/h5,7,9-10H,2-4,6,8H2,1H3. The second-order valence-corrected chi connectivity index (χ2v) is 5.40. The highest BCUT2D eigenvalue weighted by Gasteiger charge is 2.22. The van der Waals surface area contributed by atoms with Gasteiger partial charge in [0.15, 0.2) is 0 Å². The number of rotatable bonds is 3. The van der Waals surface area contributed by atoms with Crippen LogP contribution in [0, 0.1) is 0 Å². The molecule has 0 aliphatic carbocycles. The normalized spacial score (nSPS) is 20.5. The molecule has 0 N–H and O–H groups in total. The van der Waals surface area contributed by atoms with Crippen molar-refractivity contribution in [2.75, 3.05) is 24.6 Å². The van der Waals surface area contributed by atoms with E-state index in [2.05, 4.69) is 33.2 Å². The molecular formula is C13H17N3OS. The van der Waals surface area contributed by atoms with Gasteiger partial charge in [-0.1, -0.05) is 0 Å². The maximum absolute atomic E-state index is 5.75. The Morgan fingerprint density at radius 3 is 3.33 bits per heavy atom. The van der Waals surface area contributed by atoms with Crippen LogP contribution < -0.4 is 4.90 Å². The van der Waals surface area contributed by atoms with Crippen molar-refractivity contribution in [2.24, 2.45) is 0 Å². The number of aromatic nitrogens is 2. The van der Waals surface area contributed by atoms with Crippen molar-refractivity contribution in [1.82, 2.24) is 9.97 Å². The number of ether oxygens (including phenoxy) is 1. The lowest BCUT2D eigenvalue weighted by molar-refractivity contribution is 0.0526. The number of piperidine rings is 1. The molecule has 3 rings (SSSR count). The molecule has 0 bridgehead atoms. The number of anilines is 1. The third-order valence-electron chi connectivity index (χ3n) is 3.32. The lowest BCUT2D eigenvalue weighted by Crippen LogP contribution is -2.40. The maximum Gasteiger partial charge on any atom is 0.140 e. The molecule has 1 atom stereocenters. The van der Waals surface area contributed by atoms with Gasteiger partial charge in [0, 0.05) is 19.7 Å². The predicted octanol–water partition coefficient (Wildman–Crippen LogP) is 2.70. The fourth-order valence-corrected chi connectivity index (χ4v) is 3.26. The summed E-state index contributed by atoms with van der Waals surface area (Å²) in [4.78, 5) is 12.2. The van der Waals surface area contributed by atoms with Gasteiger partial charge < -0.3 is 9.64 Å². The molecule has 18 heavy (non-hydrogen) atoms. The summed E-state index contributed by atoms with van der Waals surface area (Å²) < 4.78 is 5.75. The quantitative estimate of drug-likeness (QED) is 0.853. The van der Waals surface area contributed by atoms with Gasteiger partial charge in [-0.2, -0.15) is 0 Å². The molecule has 2 aromatic rings. The average molecular weight is 263 g/mol. The van der Waals surface area contributed by atoms with Crippen molar-refractivity contribution in [3.8, 4) is 0 Å². The van der Waals surface area contributed by atoms with Crippen molar-refractivity contribution in [3.63, 3.8) is 0 Å². The van der Waals surface area contributed by atoms with Crippen LogP contribution in [0.5, 0.6) is 0 Å². The van der Waals surface area contributed by atoms with Crippen molar-refractivity contribution < 1.29 is 4.74 Å². The Hall–Kier alpha value is -1.20. The molecule has 96 valence electrons. The van der Waals surface area contributed by atoms with E-state index in [1.165, 1.54) is 11.8 Å². The van der Waals surface area contributed by atoms with E-state index in [0.717, 1.165) is 36.8 Å². The SMILES string of the molecule is CCOC1CCCN(c2ncnc3sccc23)C1. The summed E-state index contributed by atoms with van der Waals surface area (Å²) in [5.74, 6) is 1.06. The second kappa shape index (κ2) is 5.20. The first-order valence-electron chi connectivity index (χ1n) is 6.43. The van der Waals surface area contributed by atoms with Gasteiger partial charge in [-0.25, -0.2) is 9.97 Å². The molecule has 4 nitrogen and oxygen atoms in total. The first kappa shape index (κ1) is 11.9. The Morgan fingerprint density at radius 1 is 1.50 bits per heavy atom. The monoisotopic (exact) mass is 263 g/mol. The number of nitrogens with zero attached hydrogens (tertiary/aromatic N) is 3. The molecule has 5 heteroatoms. The Bertz CT molecular complexity index is 526. The summed E-state index contributed by atoms with van der Waals surface area (Å²) >= 11 is 1.67. The van der Waals surface area contributed by atoms with Crippen LogP contribution in [-0.4, -0.2) is 35.8 Å². The van der Waals surface area contributed by atoms with E-state index in [9.17, 15) is 0 Å². The Kier molecular flexibility index (Phi) is 3.43. The molecule has 0 radical (unpaired) electrons. The van der Waals surface area contributed by atoms with Gasteiger partial charge >= 0.3 is 0 Å². The van der Waals surface area contributed by atoms with Crippen LogP contribution >= 0.6 is 11.3 Å². The van der Waals surface area contributed by atoms with E-state index in [-0.39, 0.29) is 0 Å². The highest BCUT2D eigenvalue weighted by molar-refractivity contribution is 7.16. The summed E-state index contributed by atoms with van der Waals surface area (Å²) in [6.07, 6.45) is 4.33.